The van der Waals surface area contributed by atoms with Crippen LogP contribution in [-0.2, 0) is 10.0 Å². The van der Waals surface area contributed by atoms with Crippen molar-refractivity contribution in [1.29, 1.82) is 0 Å². The molecule has 0 bridgehead atoms. The molecule has 19 heavy (non-hydrogen) atoms. The molecule has 1 aromatic carbocycles. The zero-order chi connectivity index (χ0) is 14.3. The van der Waals surface area contributed by atoms with E-state index in [2.05, 4.69) is 0 Å². The zero-order valence-corrected chi connectivity index (χ0v) is 12.2. The van der Waals surface area contributed by atoms with E-state index in [-0.39, 0.29) is 11.4 Å². The lowest BCUT2D eigenvalue weighted by atomic mass is 10.1. The summed E-state index contributed by atoms with van der Waals surface area (Å²) in [7, 11) is -2.18. The Balaban J connectivity index is 2.43. The summed E-state index contributed by atoms with van der Waals surface area (Å²) in [5.74, 6) is 0.331. The van der Waals surface area contributed by atoms with Gasteiger partial charge < -0.3 is 9.84 Å². The van der Waals surface area contributed by atoms with Gasteiger partial charge in [0.15, 0.2) is 0 Å². The Morgan fingerprint density at radius 1 is 1.42 bits per heavy atom. The van der Waals surface area contributed by atoms with Crippen molar-refractivity contribution in [1.82, 2.24) is 4.31 Å². The lowest BCUT2D eigenvalue weighted by molar-refractivity contribution is 0.0762. The minimum Gasteiger partial charge on any atom is -0.495 e. The highest BCUT2D eigenvalue weighted by Crippen LogP contribution is 2.32. The molecule has 0 aromatic heterocycles. The number of nitrogens with zero attached hydrogens (tertiary/aromatic N) is 1. The summed E-state index contributed by atoms with van der Waals surface area (Å²) in [5.41, 5.74) is -0.102. The first kappa shape index (κ1) is 14.3. The molecule has 1 aromatic rings. The highest BCUT2D eigenvalue weighted by Gasteiger charge is 2.39. The molecule has 0 radical (unpaired) electrons. The first-order valence-electron chi connectivity index (χ1n) is 6.13. The van der Waals surface area contributed by atoms with Crippen LogP contribution in [0.2, 0.25) is 0 Å². The van der Waals surface area contributed by atoms with E-state index in [4.69, 9.17) is 4.74 Å². The monoisotopic (exact) mass is 285 g/mol. The molecular formula is C13H19NO4S. The fraction of sp³-hybridized carbons (Fsp3) is 0.538. The summed E-state index contributed by atoms with van der Waals surface area (Å²) in [4.78, 5) is 0.160. The van der Waals surface area contributed by atoms with Gasteiger partial charge in [0, 0.05) is 13.1 Å². The summed E-state index contributed by atoms with van der Waals surface area (Å²) < 4.78 is 31.6. The van der Waals surface area contributed by atoms with Gasteiger partial charge in [0.2, 0.25) is 10.0 Å². The van der Waals surface area contributed by atoms with Crippen molar-refractivity contribution in [3.63, 3.8) is 0 Å². The van der Waals surface area contributed by atoms with Gasteiger partial charge >= 0.3 is 0 Å². The first-order chi connectivity index (χ1) is 8.76. The van der Waals surface area contributed by atoms with E-state index in [1.54, 1.807) is 25.1 Å². The summed E-state index contributed by atoms with van der Waals surface area (Å²) in [6.45, 7) is 3.92. The number of aryl methyl sites for hydroxylation is 1. The second-order valence-electron chi connectivity index (χ2n) is 5.24. The van der Waals surface area contributed by atoms with Crippen LogP contribution >= 0.6 is 0 Å². The molecule has 1 N–H and O–H groups in total. The van der Waals surface area contributed by atoms with Crippen LogP contribution in [0.5, 0.6) is 5.75 Å². The first-order valence-corrected chi connectivity index (χ1v) is 7.57. The fourth-order valence-corrected chi connectivity index (χ4v) is 4.03. The summed E-state index contributed by atoms with van der Waals surface area (Å²) in [6, 6.07) is 5.05. The summed E-state index contributed by atoms with van der Waals surface area (Å²) in [5, 5.41) is 9.92. The summed E-state index contributed by atoms with van der Waals surface area (Å²) in [6.07, 6.45) is 0.445. The number of ether oxygens (including phenoxy) is 1. The number of β-amino-alcohol motifs (C(OH)–C–C–N with tert-alkyl or cyclic N) is 1. The molecule has 106 valence electrons. The number of rotatable bonds is 3. The van der Waals surface area contributed by atoms with E-state index in [0.29, 0.717) is 18.7 Å². The predicted octanol–water partition coefficient (Wildman–Crippen LogP) is 1.15. The van der Waals surface area contributed by atoms with E-state index >= 15 is 0 Å². The quantitative estimate of drug-likeness (QED) is 0.904. The maximum Gasteiger partial charge on any atom is 0.246 e. The highest BCUT2D eigenvalue weighted by atomic mass is 32.2. The number of benzene rings is 1. The van der Waals surface area contributed by atoms with Crippen LogP contribution in [0.1, 0.15) is 18.9 Å². The van der Waals surface area contributed by atoms with Gasteiger partial charge in [0.05, 0.1) is 12.7 Å². The number of aliphatic hydroxyl groups is 1. The molecule has 1 aliphatic rings. The molecule has 1 atom stereocenters. The topological polar surface area (TPSA) is 66.8 Å². The molecular weight excluding hydrogens is 266 g/mol. The zero-order valence-electron chi connectivity index (χ0n) is 11.4. The normalized spacial score (nSPS) is 24.6. The van der Waals surface area contributed by atoms with Crippen molar-refractivity contribution >= 4 is 10.0 Å². The Morgan fingerprint density at radius 3 is 2.63 bits per heavy atom. The molecule has 2 rings (SSSR count). The van der Waals surface area contributed by atoms with Gasteiger partial charge in [-0.25, -0.2) is 8.42 Å². The van der Waals surface area contributed by atoms with Crippen molar-refractivity contribution in [3.05, 3.63) is 23.8 Å². The molecule has 1 unspecified atom stereocenters. The van der Waals surface area contributed by atoms with Gasteiger partial charge in [-0.05, 0) is 38.0 Å². The molecule has 1 fully saturated rings. The van der Waals surface area contributed by atoms with E-state index in [9.17, 15) is 13.5 Å². The van der Waals surface area contributed by atoms with E-state index < -0.39 is 15.6 Å². The van der Waals surface area contributed by atoms with E-state index in [1.165, 1.54) is 11.4 Å². The molecule has 0 spiro atoms. The van der Waals surface area contributed by atoms with Crippen LogP contribution in [0.15, 0.2) is 23.1 Å². The Bertz CT molecular complexity index is 580. The minimum absolute atomic E-state index is 0.117. The minimum atomic E-state index is -3.63. The number of hydrogen-bond acceptors (Lipinski definition) is 4. The average Bonchev–Trinajstić information content (AvgIpc) is 2.70. The molecule has 1 heterocycles. The van der Waals surface area contributed by atoms with Gasteiger partial charge in [0.1, 0.15) is 10.6 Å². The van der Waals surface area contributed by atoms with Gasteiger partial charge in [-0.2, -0.15) is 4.31 Å². The Morgan fingerprint density at radius 2 is 2.11 bits per heavy atom. The molecule has 6 heteroatoms. The van der Waals surface area contributed by atoms with Crippen LogP contribution in [0.25, 0.3) is 0 Å². The SMILES string of the molecule is COc1ccc(C)cc1S(=O)(=O)N1CCC(C)(O)C1. The molecule has 0 amide bonds. The highest BCUT2D eigenvalue weighted by molar-refractivity contribution is 7.89. The third kappa shape index (κ3) is 2.75. The predicted molar refractivity (Wildman–Crippen MR) is 71.7 cm³/mol. The van der Waals surface area contributed by atoms with Gasteiger partial charge in [-0.15, -0.1) is 0 Å². The summed E-state index contributed by atoms with van der Waals surface area (Å²) >= 11 is 0. The molecule has 0 saturated carbocycles. The number of hydrogen-bond donors (Lipinski definition) is 1. The fourth-order valence-electron chi connectivity index (χ4n) is 2.23. The number of methoxy groups -OCH3 is 1. The molecule has 1 aliphatic heterocycles. The Kier molecular flexibility index (Phi) is 3.59. The van der Waals surface area contributed by atoms with Crippen LogP contribution < -0.4 is 4.74 Å². The van der Waals surface area contributed by atoms with Crippen molar-refractivity contribution in [2.75, 3.05) is 20.2 Å². The molecule has 1 saturated heterocycles. The van der Waals surface area contributed by atoms with Crippen molar-refractivity contribution < 1.29 is 18.3 Å². The van der Waals surface area contributed by atoms with Gasteiger partial charge in [-0.1, -0.05) is 6.07 Å². The third-order valence-corrected chi connectivity index (χ3v) is 5.22. The maximum atomic E-state index is 12.6. The van der Waals surface area contributed by atoms with Crippen LogP contribution in [0.3, 0.4) is 0 Å². The maximum absolute atomic E-state index is 12.6. The van der Waals surface area contributed by atoms with Crippen molar-refractivity contribution in [3.8, 4) is 5.75 Å². The Hall–Kier alpha value is -1.11. The lowest BCUT2D eigenvalue weighted by Crippen LogP contribution is -2.34. The average molecular weight is 285 g/mol. The van der Waals surface area contributed by atoms with Crippen molar-refractivity contribution in [2.45, 2.75) is 30.8 Å². The van der Waals surface area contributed by atoms with E-state index in [0.717, 1.165) is 5.56 Å². The Labute approximate surface area is 113 Å². The standard InChI is InChI=1S/C13H19NO4S/c1-10-4-5-11(18-3)12(8-10)19(16,17)14-7-6-13(2,15)9-14/h4-5,8,15H,6-7,9H2,1-3H3. The largest absolute Gasteiger partial charge is 0.495 e. The van der Waals surface area contributed by atoms with Crippen molar-refractivity contribution in [2.24, 2.45) is 0 Å². The van der Waals surface area contributed by atoms with Gasteiger partial charge in [0.25, 0.3) is 0 Å². The molecule has 0 aliphatic carbocycles. The second kappa shape index (κ2) is 4.77. The number of sulfonamides is 1. The van der Waals surface area contributed by atoms with Gasteiger partial charge in [-0.3, -0.25) is 0 Å². The lowest BCUT2D eigenvalue weighted by Gasteiger charge is -2.20. The second-order valence-corrected chi connectivity index (χ2v) is 7.15. The molecule has 5 nitrogen and oxygen atoms in total. The smallest absolute Gasteiger partial charge is 0.246 e. The van der Waals surface area contributed by atoms with Crippen LogP contribution in [-0.4, -0.2) is 43.6 Å². The van der Waals surface area contributed by atoms with E-state index in [1.807, 2.05) is 6.92 Å². The third-order valence-electron chi connectivity index (χ3n) is 3.35. The van der Waals surface area contributed by atoms with Crippen LogP contribution in [0, 0.1) is 6.92 Å². The van der Waals surface area contributed by atoms with Crippen LogP contribution in [0.4, 0.5) is 0 Å².